The molecule has 0 amide bonds. The highest BCUT2D eigenvalue weighted by Gasteiger charge is 2.23. The molecule has 2 rings (SSSR count). The quantitative estimate of drug-likeness (QED) is 0.834. The van der Waals surface area contributed by atoms with Gasteiger partial charge in [-0.25, -0.2) is 0 Å². The topological polar surface area (TPSA) is 38.5 Å². The summed E-state index contributed by atoms with van der Waals surface area (Å²) in [5, 5.41) is 0. The van der Waals surface area contributed by atoms with Gasteiger partial charge in [-0.15, -0.1) is 0 Å². The van der Waals surface area contributed by atoms with E-state index in [2.05, 4.69) is 24.9 Å². The van der Waals surface area contributed by atoms with Crippen LogP contribution in [0.1, 0.15) is 44.6 Å². The minimum absolute atomic E-state index is 0.708. The maximum atomic E-state index is 6.11. The number of ether oxygens (including phenoxy) is 1. The molecule has 0 radical (unpaired) electrons. The van der Waals surface area contributed by atoms with E-state index in [1.807, 2.05) is 12.1 Å². The van der Waals surface area contributed by atoms with E-state index in [0.29, 0.717) is 6.04 Å². The van der Waals surface area contributed by atoms with Crippen LogP contribution in [0.5, 0.6) is 5.75 Å². The summed E-state index contributed by atoms with van der Waals surface area (Å²) in [5.74, 6) is 1.78. The Labute approximate surface area is 123 Å². The molecule has 0 bridgehead atoms. The van der Waals surface area contributed by atoms with Crippen molar-refractivity contribution >= 4 is 5.69 Å². The lowest BCUT2D eigenvalue weighted by Crippen LogP contribution is -2.34. The summed E-state index contributed by atoms with van der Waals surface area (Å²) in [6.07, 6.45) is 6.74. The molecule has 0 spiro atoms. The van der Waals surface area contributed by atoms with Gasteiger partial charge in [0.1, 0.15) is 5.75 Å². The molecule has 1 aromatic carbocycles. The third-order valence-electron chi connectivity index (χ3n) is 4.79. The van der Waals surface area contributed by atoms with E-state index in [-0.39, 0.29) is 0 Å². The molecule has 0 saturated heterocycles. The first-order valence-electron chi connectivity index (χ1n) is 7.76. The molecule has 1 fully saturated rings. The van der Waals surface area contributed by atoms with Gasteiger partial charge in [-0.1, -0.05) is 19.4 Å². The first kappa shape index (κ1) is 15.2. The zero-order chi connectivity index (χ0) is 14.5. The van der Waals surface area contributed by atoms with Gasteiger partial charge in [0.05, 0.1) is 7.11 Å². The van der Waals surface area contributed by atoms with Crippen molar-refractivity contribution in [3.05, 3.63) is 23.8 Å². The number of nitrogen functional groups attached to an aromatic ring is 1. The van der Waals surface area contributed by atoms with Crippen LogP contribution < -0.4 is 10.5 Å². The molecule has 1 aliphatic carbocycles. The van der Waals surface area contributed by atoms with Gasteiger partial charge in [-0.2, -0.15) is 0 Å². The molecule has 3 heteroatoms. The predicted octanol–water partition coefficient (Wildman–Crippen LogP) is 3.68. The molecular formula is C17H28N2O. The Morgan fingerprint density at radius 1 is 1.25 bits per heavy atom. The van der Waals surface area contributed by atoms with Crippen LogP contribution >= 0.6 is 0 Å². The molecule has 2 N–H and O–H groups in total. The van der Waals surface area contributed by atoms with Crippen molar-refractivity contribution in [3.63, 3.8) is 0 Å². The van der Waals surface area contributed by atoms with Gasteiger partial charge in [-0.05, 0) is 50.3 Å². The molecule has 0 aromatic heterocycles. The second-order valence-electron chi connectivity index (χ2n) is 6.06. The molecule has 20 heavy (non-hydrogen) atoms. The van der Waals surface area contributed by atoms with Crippen LogP contribution in [0, 0.1) is 5.92 Å². The summed E-state index contributed by atoms with van der Waals surface area (Å²) >= 11 is 0. The summed E-state index contributed by atoms with van der Waals surface area (Å²) < 4.78 is 5.20. The van der Waals surface area contributed by atoms with Crippen LogP contribution in [0.2, 0.25) is 0 Å². The van der Waals surface area contributed by atoms with E-state index in [9.17, 15) is 0 Å². The highest BCUT2D eigenvalue weighted by molar-refractivity contribution is 5.51. The lowest BCUT2D eigenvalue weighted by Gasteiger charge is -2.34. The van der Waals surface area contributed by atoms with E-state index < -0.39 is 0 Å². The van der Waals surface area contributed by atoms with Crippen molar-refractivity contribution < 1.29 is 4.74 Å². The summed E-state index contributed by atoms with van der Waals surface area (Å²) in [6.45, 7) is 3.24. The molecule has 1 aromatic rings. The third-order valence-corrected chi connectivity index (χ3v) is 4.79. The standard InChI is InChI=1S/C17H28N2O/c1-4-13-5-8-15(9-6-13)19(2)12-14-7-10-16(20-3)11-17(14)18/h7,10-11,13,15H,4-6,8-9,12,18H2,1-3H3. The molecule has 1 saturated carbocycles. The van der Waals surface area contributed by atoms with Crippen LogP contribution in [0.4, 0.5) is 5.69 Å². The molecule has 0 atom stereocenters. The van der Waals surface area contributed by atoms with Crippen molar-refractivity contribution in [3.8, 4) is 5.75 Å². The fourth-order valence-corrected chi connectivity index (χ4v) is 3.24. The van der Waals surface area contributed by atoms with Crippen molar-refractivity contribution in [2.45, 2.75) is 51.6 Å². The average molecular weight is 276 g/mol. The van der Waals surface area contributed by atoms with Crippen LogP contribution in [0.3, 0.4) is 0 Å². The largest absolute Gasteiger partial charge is 0.497 e. The molecule has 0 unspecified atom stereocenters. The zero-order valence-electron chi connectivity index (χ0n) is 13.1. The highest BCUT2D eigenvalue weighted by atomic mass is 16.5. The lowest BCUT2D eigenvalue weighted by molar-refractivity contribution is 0.157. The zero-order valence-corrected chi connectivity index (χ0v) is 13.1. The minimum Gasteiger partial charge on any atom is -0.497 e. The number of nitrogens with zero attached hydrogens (tertiary/aromatic N) is 1. The van der Waals surface area contributed by atoms with Crippen LogP contribution in [-0.2, 0) is 6.54 Å². The molecule has 3 nitrogen and oxygen atoms in total. The Kier molecular flexibility index (Phi) is 5.30. The Bertz CT molecular complexity index is 425. The van der Waals surface area contributed by atoms with E-state index in [1.165, 1.54) is 37.7 Å². The van der Waals surface area contributed by atoms with Gasteiger partial charge >= 0.3 is 0 Å². The van der Waals surface area contributed by atoms with Gasteiger partial charge in [0.15, 0.2) is 0 Å². The third kappa shape index (κ3) is 3.66. The molecule has 112 valence electrons. The van der Waals surface area contributed by atoms with E-state index in [1.54, 1.807) is 7.11 Å². The number of anilines is 1. The fourth-order valence-electron chi connectivity index (χ4n) is 3.24. The van der Waals surface area contributed by atoms with Gasteiger partial charge in [-0.3, -0.25) is 4.90 Å². The predicted molar refractivity (Wildman–Crippen MR) is 84.9 cm³/mol. The van der Waals surface area contributed by atoms with Crippen molar-refractivity contribution in [2.75, 3.05) is 19.9 Å². The fraction of sp³-hybridized carbons (Fsp3) is 0.647. The van der Waals surface area contributed by atoms with Crippen molar-refractivity contribution in [2.24, 2.45) is 5.92 Å². The molecule has 1 aliphatic rings. The average Bonchev–Trinajstić information content (AvgIpc) is 2.49. The van der Waals surface area contributed by atoms with Crippen LogP contribution in [0.25, 0.3) is 0 Å². The maximum absolute atomic E-state index is 6.11. The van der Waals surface area contributed by atoms with Crippen LogP contribution in [0.15, 0.2) is 18.2 Å². The highest BCUT2D eigenvalue weighted by Crippen LogP contribution is 2.30. The summed E-state index contributed by atoms with van der Waals surface area (Å²) in [4.78, 5) is 2.46. The Hall–Kier alpha value is -1.22. The molecule has 0 heterocycles. The first-order chi connectivity index (χ1) is 9.63. The number of hydrogen-bond donors (Lipinski definition) is 1. The second kappa shape index (κ2) is 6.98. The lowest BCUT2D eigenvalue weighted by atomic mass is 9.84. The van der Waals surface area contributed by atoms with Gasteiger partial charge in [0.2, 0.25) is 0 Å². The summed E-state index contributed by atoms with van der Waals surface area (Å²) in [5.41, 5.74) is 8.14. The number of rotatable bonds is 5. The second-order valence-corrected chi connectivity index (χ2v) is 6.06. The monoisotopic (exact) mass is 276 g/mol. The number of methoxy groups -OCH3 is 1. The molecule has 0 aliphatic heterocycles. The number of nitrogens with two attached hydrogens (primary N) is 1. The van der Waals surface area contributed by atoms with E-state index >= 15 is 0 Å². The van der Waals surface area contributed by atoms with E-state index in [4.69, 9.17) is 10.5 Å². The van der Waals surface area contributed by atoms with Gasteiger partial charge in [0.25, 0.3) is 0 Å². The number of hydrogen-bond acceptors (Lipinski definition) is 3. The van der Waals surface area contributed by atoms with Crippen molar-refractivity contribution in [1.29, 1.82) is 0 Å². The summed E-state index contributed by atoms with van der Waals surface area (Å²) in [6, 6.07) is 6.70. The van der Waals surface area contributed by atoms with Crippen molar-refractivity contribution in [1.82, 2.24) is 4.90 Å². The summed E-state index contributed by atoms with van der Waals surface area (Å²) in [7, 11) is 3.90. The minimum atomic E-state index is 0.708. The maximum Gasteiger partial charge on any atom is 0.120 e. The first-order valence-corrected chi connectivity index (χ1v) is 7.76. The smallest absolute Gasteiger partial charge is 0.120 e. The van der Waals surface area contributed by atoms with E-state index in [0.717, 1.165) is 23.9 Å². The SMILES string of the molecule is CCC1CCC(N(C)Cc2ccc(OC)cc2N)CC1. The normalized spacial score (nSPS) is 23.0. The Balaban J connectivity index is 1.93. The van der Waals surface area contributed by atoms with Gasteiger partial charge in [0, 0.05) is 24.3 Å². The van der Waals surface area contributed by atoms with Gasteiger partial charge < -0.3 is 10.5 Å². The van der Waals surface area contributed by atoms with Crippen LogP contribution in [-0.4, -0.2) is 25.1 Å². The molecular weight excluding hydrogens is 248 g/mol. The Morgan fingerprint density at radius 2 is 1.95 bits per heavy atom. The Morgan fingerprint density at radius 3 is 2.50 bits per heavy atom. The number of benzene rings is 1.